The fourth-order valence-corrected chi connectivity index (χ4v) is 0.703. The van der Waals surface area contributed by atoms with E-state index in [0.717, 1.165) is 0 Å². The Morgan fingerprint density at radius 1 is 1.69 bits per heavy atom. The average Bonchev–Trinajstić information content (AvgIpc) is 2.04. The first-order valence-corrected chi connectivity index (χ1v) is 4.21. The molecule has 3 heteroatoms. The molecule has 0 aliphatic carbocycles. The van der Waals surface area contributed by atoms with Gasteiger partial charge in [0.15, 0.2) is 0 Å². The first-order chi connectivity index (χ1) is 5.99. The van der Waals surface area contributed by atoms with Gasteiger partial charge < -0.3 is 9.84 Å². The molecule has 0 aliphatic heterocycles. The highest BCUT2D eigenvalue weighted by molar-refractivity contribution is 5.88. The molecule has 13 heavy (non-hydrogen) atoms. The molecular formula is C10H16O3. The summed E-state index contributed by atoms with van der Waals surface area (Å²) in [5, 5.41) is 9.09. The van der Waals surface area contributed by atoms with Crippen LogP contribution in [-0.2, 0) is 9.53 Å². The fraction of sp³-hybridized carbons (Fsp3) is 0.500. The maximum atomic E-state index is 11.1. The molecule has 74 valence electrons. The normalized spacial score (nSPS) is 13.7. The minimum atomic E-state index is -0.635. The highest BCUT2D eigenvalue weighted by Gasteiger charge is 2.06. The van der Waals surface area contributed by atoms with Crippen LogP contribution in [0.4, 0.5) is 0 Å². The average molecular weight is 184 g/mol. The summed E-state index contributed by atoms with van der Waals surface area (Å²) >= 11 is 0. The van der Waals surface area contributed by atoms with Crippen LogP contribution in [0.1, 0.15) is 20.8 Å². The molecule has 1 N–H and O–H groups in total. The molecule has 0 spiro atoms. The number of hydrogen-bond donors (Lipinski definition) is 1. The van der Waals surface area contributed by atoms with Crippen LogP contribution in [0.2, 0.25) is 0 Å². The summed E-state index contributed by atoms with van der Waals surface area (Å²) in [7, 11) is 0. The predicted molar refractivity (Wildman–Crippen MR) is 51.2 cm³/mol. The molecule has 0 fully saturated rings. The first-order valence-electron chi connectivity index (χ1n) is 4.21. The van der Waals surface area contributed by atoms with Crippen molar-refractivity contribution < 1.29 is 14.6 Å². The van der Waals surface area contributed by atoms with Crippen molar-refractivity contribution >= 4 is 5.97 Å². The largest absolute Gasteiger partial charge is 0.463 e. The van der Waals surface area contributed by atoms with Crippen molar-refractivity contribution in [3.05, 3.63) is 23.8 Å². The van der Waals surface area contributed by atoms with Gasteiger partial charge in [-0.25, -0.2) is 4.79 Å². The van der Waals surface area contributed by atoms with Gasteiger partial charge in [0, 0.05) is 5.57 Å². The van der Waals surface area contributed by atoms with Gasteiger partial charge in [-0.15, -0.1) is 0 Å². The smallest absolute Gasteiger partial charge is 0.333 e. The molecular weight excluding hydrogens is 168 g/mol. The number of aliphatic hydroxyl groups excluding tert-OH is 1. The van der Waals surface area contributed by atoms with E-state index < -0.39 is 6.10 Å². The zero-order valence-corrected chi connectivity index (χ0v) is 8.33. The van der Waals surface area contributed by atoms with E-state index in [1.165, 1.54) is 6.08 Å². The van der Waals surface area contributed by atoms with Gasteiger partial charge in [0.1, 0.15) is 0 Å². The molecule has 0 bridgehead atoms. The van der Waals surface area contributed by atoms with E-state index in [0.29, 0.717) is 17.8 Å². The fourth-order valence-electron chi connectivity index (χ4n) is 0.703. The molecule has 3 nitrogen and oxygen atoms in total. The number of aliphatic hydroxyl groups is 1. The Labute approximate surface area is 78.7 Å². The van der Waals surface area contributed by atoms with Crippen molar-refractivity contribution in [2.75, 3.05) is 6.61 Å². The molecule has 0 radical (unpaired) electrons. The number of ether oxygens (including phenoxy) is 1. The Balaban J connectivity index is 4.31. The highest BCUT2D eigenvalue weighted by Crippen LogP contribution is 2.06. The van der Waals surface area contributed by atoms with Gasteiger partial charge in [-0.1, -0.05) is 6.58 Å². The van der Waals surface area contributed by atoms with Crippen molar-refractivity contribution in [2.45, 2.75) is 26.9 Å². The van der Waals surface area contributed by atoms with Gasteiger partial charge in [-0.05, 0) is 32.4 Å². The third-order valence-electron chi connectivity index (χ3n) is 1.54. The zero-order valence-electron chi connectivity index (χ0n) is 8.33. The van der Waals surface area contributed by atoms with Crippen molar-refractivity contribution in [3.8, 4) is 0 Å². The van der Waals surface area contributed by atoms with Crippen LogP contribution in [0.3, 0.4) is 0 Å². The van der Waals surface area contributed by atoms with E-state index in [-0.39, 0.29) is 5.97 Å². The third kappa shape index (κ3) is 4.48. The van der Waals surface area contributed by atoms with Crippen LogP contribution in [0.5, 0.6) is 0 Å². The lowest BCUT2D eigenvalue weighted by atomic mass is 10.1. The lowest BCUT2D eigenvalue weighted by Crippen LogP contribution is -2.07. The van der Waals surface area contributed by atoms with E-state index in [4.69, 9.17) is 9.84 Å². The third-order valence-corrected chi connectivity index (χ3v) is 1.54. The standard InChI is InChI=1S/C10H16O3/c1-5-13-10(12)8(3)6-7(2)9(4)11/h6,9,11H,2,5H2,1,3-4H3/b8-6+/t9-/m1/s1. The molecule has 0 aliphatic rings. The minimum absolute atomic E-state index is 0.352. The van der Waals surface area contributed by atoms with Gasteiger partial charge in [-0.2, -0.15) is 0 Å². The van der Waals surface area contributed by atoms with Crippen LogP contribution in [0.25, 0.3) is 0 Å². The SMILES string of the molecule is C=C(/C=C(\C)C(=O)OCC)[C@@H](C)O. The number of hydrogen-bond acceptors (Lipinski definition) is 3. The maximum absolute atomic E-state index is 11.1. The minimum Gasteiger partial charge on any atom is -0.463 e. The molecule has 0 heterocycles. The van der Waals surface area contributed by atoms with E-state index in [1.54, 1.807) is 20.8 Å². The summed E-state index contributed by atoms with van der Waals surface area (Å²) in [6, 6.07) is 0. The Kier molecular flexibility index (Phi) is 5.07. The van der Waals surface area contributed by atoms with Crippen molar-refractivity contribution in [1.82, 2.24) is 0 Å². The molecule has 1 atom stereocenters. The van der Waals surface area contributed by atoms with Gasteiger partial charge >= 0.3 is 5.97 Å². The Morgan fingerprint density at radius 3 is 2.62 bits per heavy atom. The summed E-state index contributed by atoms with van der Waals surface area (Å²) < 4.78 is 4.75. The van der Waals surface area contributed by atoms with Gasteiger partial charge in [0.25, 0.3) is 0 Å². The number of esters is 1. The van der Waals surface area contributed by atoms with Gasteiger partial charge in [-0.3, -0.25) is 0 Å². The van der Waals surface area contributed by atoms with Crippen LogP contribution in [0.15, 0.2) is 23.8 Å². The summed E-state index contributed by atoms with van der Waals surface area (Å²) in [5.41, 5.74) is 0.957. The van der Waals surface area contributed by atoms with Crippen LogP contribution >= 0.6 is 0 Å². The molecule has 0 amide bonds. The van der Waals surface area contributed by atoms with E-state index in [2.05, 4.69) is 6.58 Å². The van der Waals surface area contributed by atoms with Crippen molar-refractivity contribution in [1.29, 1.82) is 0 Å². The molecule has 0 aromatic rings. The monoisotopic (exact) mass is 184 g/mol. The second-order valence-corrected chi connectivity index (χ2v) is 2.80. The second-order valence-electron chi connectivity index (χ2n) is 2.80. The van der Waals surface area contributed by atoms with E-state index in [1.807, 2.05) is 0 Å². The molecule has 0 aromatic heterocycles. The highest BCUT2D eigenvalue weighted by atomic mass is 16.5. The quantitative estimate of drug-likeness (QED) is 0.408. The Hall–Kier alpha value is -1.09. The topological polar surface area (TPSA) is 46.5 Å². The van der Waals surface area contributed by atoms with E-state index in [9.17, 15) is 4.79 Å². The molecule has 0 saturated heterocycles. The summed E-state index contributed by atoms with van der Waals surface area (Å²) in [6.07, 6.45) is 0.896. The van der Waals surface area contributed by atoms with Crippen LogP contribution in [-0.4, -0.2) is 23.8 Å². The predicted octanol–water partition coefficient (Wildman–Crippen LogP) is 1.43. The Morgan fingerprint density at radius 2 is 2.23 bits per heavy atom. The molecule has 0 unspecified atom stereocenters. The number of carbonyl (C=O) groups is 1. The first kappa shape index (κ1) is 11.9. The molecule has 0 saturated carbocycles. The Bertz CT molecular complexity index is 226. The van der Waals surface area contributed by atoms with Crippen molar-refractivity contribution in [2.24, 2.45) is 0 Å². The summed E-state index contributed by atoms with van der Waals surface area (Å²) in [6.45, 7) is 8.92. The van der Waals surface area contributed by atoms with E-state index >= 15 is 0 Å². The zero-order chi connectivity index (χ0) is 10.4. The summed E-state index contributed by atoms with van der Waals surface area (Å²) in [5.74, 6) is -0.371. The molecule has 0 aromatic carbocycles. The van der Waals surface area contributed by atoms with Gasteiger partial charge in [0.2, 0.25) is 0 Å². The maximum Gasteiger partial charge on any atom is 0.333 e. The van der Waals surface area contributed by atoms with Crippen molar-refractivity contribution in [3.63, 3.8) is 0 Å². The number of carbonyl (C=O) groups excluding carboxylic acids is 1. The molecule has 0 rings (SSSR count). The van der Waals surface area contributed by atoms with Gasteiger partial charge in [0.05, 0.1) is 12.7 Å². The van der Waals surface area contributed by atoms with Crippen LogP contribution < -0.4 is 0 Å². The lowest BCUT2D eigenvalue weighted by Gasteiger charge is -2.05. The number of rotatable bonds is 4. The summed E-state index contributed by atoms with van der Waals surface area (Å²) in [4.78, 5) is 11.1. The lowest BCUT2D eigenvalue weighted by molar-refractivity contribution is -0.138. The second kappa shape index (κ2) is 5.54. The van der Waals surface area contributed by atoms with Crippen LogP contribution in [0, 0.1) is 0 Å².